The van der Waals surface area contributed by atoms with E-state index in [0.29, 0.717) is 5.69 Å². The molecule has 0 aliphatic carbocycles. The average Bonchev–Trinajstić information content (AvgIpc) is 2.31. The number of likely N-dealkylation sites (N-methyl/N-ethyl adjacent to an activating group) is 1. The molecule has 0 unspecified atom stereocenters. The molecule has 98 valence electrons. The molecule has 1 rings (SSSR count). The molecule has 18 heavy (non-hydrogen) atoms. The van der Waals surface area contributed by atoms with E-state index in [1.807, 2.05) is 19.1 Å². The van der Waals surface area contributed by atoms with Gasteiger partial charge in [0, 0.05) is 17.2 Å². The number of benzene rings is 1. The predicted octanol–water partition coefficient (Wildman–Crippen LogP) is 1.15. The zero-order valence-electron chi connectivity index (χ0n) is 10.2. The van der Waals surface area contributed by atoms with Gasteiger partial charge in [0.25, 0.3) is 0 Å². The minimum atomic E-state index is -0.596. The highest BCUT2D eigenvalue weighted by atomic mass is 79.9. The van der Waals surface area contributed by atoms with Gasteiger partial charge in [-0.15, -0.1) is 0 Å². The van der Waals surface area contributed by atoms with E-state index in [4.69, 9.17) is 5.11 Å². The molecule has 2 amide bonds. The van der Waals surface area contributed by atoms with Crippen LogP contribution in [0.5, 0.6) is 0 Å². The van der Waals surface area contributed by atoms with Crippen molar-refractivity contribution >= 4 is 33.4 Å². The third kappa shape index (κ3) is 4.12. The molecule has 6 heteroatoms. The number of aryl methyl sites for hydroxylation is 1. The number of halogens is 1. The zero-order valence-corrected chi connectivity index (χ0v) is 11.8. The highest BCUT2D eigenvalue weighted by molar-refractivity contribution is 9.10. The van der Waals surface area contributed by atoms with Crippen molar-refractivity contribution in [2.24, 2.45) is 0 Å². The lowest BCUT2D eigenvalue weighted by atomic mass is 10.2. The first-order valence-electron chi connectivity index (χ1n) is 5.35. The summed E-state index contributed by atoms with van der Waals surface area (Å²) in [6, 6.07) is 5.49. The Kier molecular flexibility index (Phi) is 5.30. The van der Waals surface area contributed by atoms with E-state index in [1.165, 1.54) is 11.9 Å². The van der Waals surface area contributed by atoms with E-state index < -0.39 is 12.5 Å². The van der Waals surface area contributed by atoms with Crippen molar-refractivity contribution in [2.75, 3.05) is 25.5 Å². The molecular formula is C12H15BrN2O3. The fourth-order valence-corrected chi connectivity index (χ4v) is 1.86. The summed E-state index contributed by atoms with van der Waals surface area (Å²) in [4.78, 5) is 24.0. The smallest absolute Gasteiger partial charge is 0.248 e. The first-order chi connectivity index (χ1) is 8.43. The van der Waals surface area contributed by atoms with Crippen LogP contribution < -0.4 is 5.32 Å². The molecule has 0 saturated carbocycles. The summed E-state index contributed by atoms with van der Waals surface area (Å²) in [5.74, 6) is -0.789. The van der Waals surface area contributed by atoms with E-state index in [9.17, 15) is 9.59 Å². The third-order valence-corrected chi connectivity index (χ3v) is 2.90. The van der Waals surface area contributed by atoms with Crippen LogP contribution in [0.2, 0.25) is 0 Å². The Hall–Kier alpha value is -1.40. The molecule has 2 N–H and O–H groups in total. The molecule has 1 aromatic rings. The van der Waals surface area contributed by atoms with Gasteiger partial charge in [0.05, 0.1) is 6.54 Å². The summed E-state index contributed by atoms with van der Waals surface area (Å²) in [5.41, 5.74) is 1.63. The van der Waals surface area contributed by atoms with Crippen LogP contribution in [0.15, 0.2) is 22.7 Å². The Morgan fingerprint density at radius 2 is 2.11 bits per heavy atom. The lowest BCUT2D eigenvalue weighted by Gasteiger charge is -2.16. The lowest BCUT2D eigenvalue weighted by Crippen LogP contribution is -2.36. The number of amides is 2. The number of aliphatic hydroxyl groups excluding tert-OH is 1. The number of aliphatic hydroxyl groups is 1. The average molecular weight is 315 g/mol. The summed E-state index contributed by atoms with van der Waals surface area (Å²) in [5, 5.41) is 11.4. The summed E-state index contributed by atoms with van der Waals surface area (Å²) >= 11 is 3.34. The molecule has 0 heterocycles. The number of nitrogens with one attached hydrogen (secondary N) is 1. The molecule has 0 bridgehead atoms. The summed E-state index contributed by atoms with van der Waals surface area (Å²) in [7, 11) is 1.46. The van der Waals surface area contributed by atoms with E-state index in [2.05, 4.69) is 21.2 Å². The normalized spacial score (nSPS) is 10.0. The maximum atomic E-state index is 11.7. The molecule has 0 spiro atoms. The first-order valence-corrected chi connectivity index (χ1v) is 6.14. The topological polar surface area (TPSA) is 69.6 Å². The molecular weight excluding hydrogens is 300 g/mol. The molecule has 0 aliphatic rings. The summed E-state index contributed by atoms with van der Waals surface area (Å²) < 4.78 is 0.936. The lowest BCUT2D eigenvalue weighted by molar-refractivity contribution is -0.135. The summed E-state index contributed by atoms with van der Waals surface area (Å²) in [6.45, 7) is 1.19. The van der Waals surface area contributed by atoms with Crippen LogP contribution in [0.3, 0.4) is 0 Å². The number of carbonyl (C=O) groups is 2. The monoisotopic (exact) mass is 314 g/mol. The minimum Gasteiger partial charge on any atom is -0.387 e. The maximum absolute atomic E-state index is 11.7. The SMILES string of the molecule is Cc1cc(Br)ccc1NC(=O)CN(C)C(=O)CO. The second kappa shape index (κ2) is 6.51. The number of rotatable bonds is 4. The predicted molar refractivity (Wildman–Crippen MR) is 72.2 cm³/mol. The van der Waals surface area contributed by atoms with Gasteiger partial charge in [-0.1, -0.05) is 15.9 Å². The molecule has 5 nitrogen and oxygen atoms in total. The Balaban J connectivity index is 2.62. The Labute approximate surface area is 114 Å². The largest absolute Gasteiger partial charge is 0.387 e. The van der Waals surface area contributed by atoms with Crippen molar-refractivity contribution in [3.63, 3.8) is 0 Å². The molecule has 0 aliphatic heterocycles. The number of hydrogen-bond acceptors (Lipinski definition) is 3. The fraction of sp³-hybridized carbons (Fsp3) is 0.333. The van der Waals surface area contributed by atoms with Crippen molar-refractivity contribution in [1.29, 1.82) is 0 Å². The number of hydrogen-bond donors (Lipinski definition) is 2. The van der Waals surface area contributed by atoms with Crippen molar-refractivity contribution in [1.82, 2.24) is 4.90 Å². The van der Waals surface area contributed by atoms with Gasteiger partial charge in [-0.25, -0.2) is 0 Å². The van der Waals surface area contributed by atoms with Crippen LogP contribution in [0.4, 0.5) is 5.69 Å². The van der Waals surface area contributed by atoms with Gasteiger partial charge in [-0.2, -0.15) is 0 Å². The fourth-order valence-electron chi connectivity index (χ4n) is 1.38. The van der Waals surface area contributed by atoms with Crippen molar-refractivity contribution in [3.05, 3.63) is 28.2 Å². The molecule has 0 aromatic heterocycles. The molecule has 0 saturated heterocycles. The van der Waals surface area contributed by atoms with Gasteiger partial charge in [0.2, 0.25) is 11.8 Å². The molecule has 0 atom stereocenters. The quantitative estimate of drug-likeness (QED) is 0.876. The molecule has 0 fully saturated rings. The van der Waals surface area contributed by atoms with Crippen molar-refractivity contribution in [2.45, 2.75) is 6.92 Å². The van der Waals surface area contributed by atoms with Gasteiger partial charge in [-0.05, 0) is 30.7 Å². The maximum Gasteiger partial charge on any atom is 0.248 e. The van der Waals surface area contributed by atoms with Crippen LogP contribution in [-0.2, 0) is 9.59 Å². The van der Waals surface area contributed by atoms with Crippen LogP contribution in [0, 0.1) is 6.92 Å². The number of nitrogens with zero attached hydrogens (tertiary/aromatic N) is 1. The van der Waals surface area contributed by atoms with Gasteiger partial charge in [0.15, 0.2) is 0 Å². The van der Waals surface area contributed by atoms with E-state index in [1.54, 1.807) is 6.07 Å². The third-order valence-electron chi connectivity index (χ3n) is 2.40. The van der Waals surface area contributed by atoms with Crippen LogP contribution >= 0.6 is 15.9 Å². The second-order valence-electron chi connectivity index (χ2n) is 3.92. The van der Waals surface area contributed by atoms with Gasteiger partial charge >= 0.3 is 0 Å². The highest BCUT2D eigenvalue weighted by Gasteiger charge is 2.12. The van der Waals surface area contributed by atoms with Gasteiger partial charge in [-0.3, -0.25) is 9.59 Å². The first kappa shape index (κ1) is 14.7. The van der Waals surface area contributed by atoms with E-state index >= 15 is 0 Å². The zero-order chi connectivity index (χ0) is 13.7. The molecule has 1 aromatic carbocycles. The van der Waals surface area contributed by atoms with Gasteiger partial charge in [0.1, 0.15) is 6.61 Å². The summed E-state index contributed by atoms with van der Waals surface area (Å²) in [6.07, 6.45) is 0. The van der Waals surface area contributed by atoms with Crippen LogP contribution in [0.1, 0.15) is 5.56 Å². The van der Waals surface area contributed by atoms with Crippen LogP contribution in [-0.4, -0.2) is 42.0 Å². The van der Waals surface area contributed by atoms with Crippen LogP contribution in [0.25, 0.3) is 0 Å². The minimum absolute atomic E-state index is 0.0884. The highest BCUT2D eigenvalue weighted by Crippen LogP contribution is 2.19. The Morgan fingerprint density at radius 1 is 1.44 bits per heavy atom. The van der Waals surface area contributed by atoms with Gasteiger partial charge < -0.3 is 15.3 Å². The standard InChI is InChI=1S/C12H15BrN2O3/c1-8-5-9(13)3-4-10(8)14-11(17)6-15(2)12(18)7-16/h3-5,16H,6-7H2,1-2H3,(H,14,17). The van der Waals surface area contributed by atoms with E-state index in [-0.39, 0.29) is 12.5 Å². The Bertz CT molecular complexity index is 463. The molecule has 0 radical (unpaired) electrons. The van der Waals surface area contributed by atoms with Crippen molar-refractivity contribution < 1.29 is 14.7 Å². The number of anilines is 1. The van der Waals surface area contributed by atoms with E-state index in [0.717, 1.165) is 10.0 Å². The van der Waals surface area contributed by atoms with Crippen molar-refractivity contribution in [3.8, 4) is 0 Å². The number of carbonyl (C=O) groups excluding carboxylic acids is 2. The Morgan fingerprint density at radius 3 is 2.67 bits per heavy atom. The second-order valence-corrected chi connectivity index (χ2v) is 4.83.